The lowest BCUT2D eigenvalue weighted by atomic mass is 10.1. The maximum Gasteiger partial charge on any atom is 0.261 e. The summed E-state index contributed by atoms with van der Waals surface area (Å²) in [6.07, 6.45) is 0. The smallest absolute Gasteiger partial charge is 0.261 e. The summed E-state index contributed by atoms with van der Waals surface area (Å²) in [6.45, 7) is 0. The average molecular weight is 360 g/mol. The number of ether oxygens (including phenoxy) is 1. The van der Waals surface area contributed by atoms with Gasteiger partial charge in [0, 0.05) is 10.7 Å². The first-order chi connectivity index (χ1) is 12.0. The number of benzene rings is 3. The minimum atomic E-state index is -0.916. The fourth-order valence-corrected chi connectivity index (χ4v) is 2.28. The fraction of sp³-hybridized carbons (Fsp3) is 0. The topological polar surface area (TPSA) is 38.3 Å². The number of anilines is 1. The van der Waals surface area contributed by atoms with Crippen molar-refractivity contribution in [2.24, 2.45) is 0 Å². The van der Waals surface area contributed by atoms with Gasteiger partial charge < -0.3 is 10.1 Å². The van der Waals surface area contributed by atoms with Crippen molar-refractivity contribution in [1.29, 1.82) is 0 Å². The number of nitrogens with one attached hydrogen (secondary N) is 1. The Morgan fingerprint density at radius 3 is 1.92 bits per heavy atom. The van der Waals surface area contributed by atoms with Gasteiger partial charge >= 0.3 is 0 Å². The van der Waals surface area contributed by atoms with Crippen molar-refractivity contribution in [1.82, 2.24) is 0 Å². The molecule has 0 unspecified atom stereocenters. The first-order valence-electron chi connectivity index (χ1n) is 7.32. The van der Waals surface area contributed by atoms with Gasteiger partial charge in [-0.05, 0) is 60.7 Å². The van der Waals surface area contributed by atoms with E-state index in [1.807, 2.05) is 0 Å². The maximum atomic E-state index is 13.6. The third-order valence-electron chi connectivity index (χ3n) is 3.35. The molecule has 3 aromatic rings. The molecule has 0 aromatic heterocycles. The van der Waals surface area contributed by atoms with E-state index in [1.165, 1.54) is 6.07 Å². The molecule has 1 amide bonds. The Bertz CT molecular complexity index is 876. The van der Waals surface area contributed by atoms with Gasteiger partial charge in [-0.25, -0.2) is 8.78 Å². The molecule has 6 heteroatoms. The van der Waals surface area contributed by atoms with E-state index in [-0.39, 0.29) is 0 Å². The van der Waals surface area contributed by atoms with Crippen LogP contribution in [0.1, 0.15) is 10.4 Å². The van der Waals surface area contributed by atoms with Crippen molar-refractivity contribution >= 4 is 23.2 Å². The molecule has 0 heterocycles. The van der Waals surface area contributed by atoms with Gasteiger partial charge in [0.2, 0.25) is 0 Å². The molecule has 0 saturated carbocycles. The highest BCUT2D eigenvalue weighted by Gasteiger charge is 2.17. The summed E-state index contributed by atoms with van der Waals surface area (Å²) in [5.41, 5.74) is -0.236. The van der Waals surface area contributed by atoms with Crippen LogP contribution in [0.4, 0.5) is 14.5 Å². The van der Waals surface area contributed by atoms with Crippen molar-refractivity contribution in [2.75, 3.05) is 5.32 Å². The van der Waals surface area contributed by atoms with Crippen LogP contribution in [0.3, 0.4) is 0 Å². The van der Waals surface area contributed by atoms with Crippen LogP contribution < -0.4 is 10.1 Å². The van der Waals surface area contributed by atoms with E-state index in [2.05, 4.69) is 5.32 Å². The Labute approximate surface area is 147 Å². The Morgan fingerprint density at radius 2 is 1.36 bits per heavy atom. The Morgan fingerprint density at radius 1 is 0.840 bits per heavy atom. The van der Waals surface area contributed by atoms with Gasteiger partial charge in [-0.15, -0.1) is 0 Å². The largest absolute Gasteiger partial charge is 0.457 e. The molecule has 1 N–H and O–H groups in total. The van der Waals surface area contributed by atoms with Crippen LogP contribution >= 0.6 is 11.6 Å². The lowest BCUT2D eigenvalue weighted by molar-refractivity contribution is 0.101. The quantitative estimate of drug-likeness (QED) is 0.652. The Balaban J connectivity index is 1.70. The van der Waals surface area contributed by atoms with Crippen molar-refractivity contribution < 1.29 is 18.3 Å². The van der Waals surface area contributed by atoms with E-state index >= 15 is 0 Å². The highest BCUT2D eigenvalue weighted by molar-refractivity contribution is 6.30. The summed E-state index contributed by atoms with van der Waals surface area (Å²) in [4.78, 5) is 12.0. The molecular formula is C19H12ClF2NO2. The maximum absolute atomic E-state index is 13.6. The number of rotatable bonds is 4. The molecule has 126 valence electrons. The summed E-state index contributed by atoms with van der Waals surface area (Å²) in [7, 11) is 0. The van der Waals surface area contributed by atoms with Crippen LogP contribution in [0, 0.1) is 11.6 Å². The minimum absolute atomic E-state index is 0.385. The van der Waals surface area contributed by atoms with E-state index in [4.69, 9.17) is 16.3 Å². The standard InChI is InChI=1S/C19H12ClF2NO2/c20-12-4-8-14(9-5-12)25-15-10-6-13(7-11-15)23-19(24)18-16(21)2-1-3-17(18)22/h1-11H,(H,23,24). The molecule has 25 heavy (non-hydrogen) atoms. The normalized spacial score (nSPS) is 10.4. The van der Waals surface area contributed by atoms with Gasteiger partial charge in [-0.1, -0.05) is 17.7 Å². The molecule has 0 atom stereocenters. The van der Waals surface area contributed by atoms with Gasteiger partial charge in [0.1, 0.15) is 28.7 Å². The van der Waals surface area contributed by atoms with E-state index in [0.29, 0.717) is 22.2 Å². The number of carbonyl (C=O) groups is 1. The SMILES string of the molecule is O=C(Nc1ccc(Oc2ccc(Cl)cc2)cc1)c1c(F)cccc1F. The van der Waals surface area contributed by atoms with Gasteiger partial charge in [0.25, 0.3) is 5.91 Å². The number of carbonyl (C=O) groups excluding carboxylic acids is 1. The van der Waals surface area contributed by atoms with Crippen LogP contribution in [0.5, 0.6) is 11.5 Å². The number of amides is 1. The van der Waals surface area contributed by atoms with Crippen LogP contribution in [-0.4, -0.2) is 5.91 Å². The zero-order valence-electron chi connectivity index (χ0n) is 12.8. The third kappa shape index (κ3) is 4.14. The van der Waals surface area contributed by atoms with Crippen molar-refractivity contribution in [3.63, 3.8) is 0 Å². The van der Waals surface area contributed by atoms with Crippen LogP contribution in [0.25, 0.3) is 0 Å². The van der Waals surface area contributed by atoms with E-state index in [1.54, 1.807) is 48.5 Å². The monoisotopic (exact) mass is 359 g/mol. The second kappa shape index (κ2) is 7.32. The van der Waals surface area contributed by atoms with Crippen molar-refractivity contribution in [3.8, 4) is 11.5 Å². The van der Waals surface area contributed by atoms with E-state index in [9.17, 15) is 13.6 Å². The zero-order chi connectivity index (χ0) is 17.8. The lowest BCUT2D eigenvalue weighted by Gasteiger charge is -2.09. The van der Waals surface area contributed by atoms with E-state index in [0.717, 1.165) is 12.1 Å². The number of halogens is 3. The predicted octanol–water partition coefficient (Wildman–Crippen LogP) is 5.66. The molecule has 0 fully saturated rings. The van der Waals surface area contributed by atoms with Crippen molar-refractivity contribution in [3.05, 3.63) is 89.0 Å². The van der Waals surface area contributed by atoms with Crippen LogP contribution in [0.15, 0.2) is 66.7 Å². The second-order valence-electron chi connectivity index (χ2n) is 5.13. The molecule has 3 rings (SSSR count). The van der Waals surface area contributed by atoms with Gasteiger partial charge in [-0.2, -0.15) is 0 Å². The predicted molar refractivity (Wildman–Crippen MR) is 92.3 cm³/mol. The molecule has 0 aliphatic rings. The fourth-order valence-electron chi connectivity index (χ4n) is 2.15. The summed E-state index contributed by atoms with van der Waals surface area (Å²) >= 11 is 5.81. The number of hydrogen-bond donors (Lipinski definition) is 1. The molecular weight excluding hydrogens is 348 g/mol. The zero-order valence-corrected chi connectivity index (χ0v) is 13.6. The lowest BCUT2D eigenvalue weighted by Crippen LogP contribution is -2.15. The number of hydrogen-bond acceptors (Lipinski definition) is 2. The molecule has 0 spiro atoms. The average Bonchev–Trinajstić information content (AvgIpc) is 2.58. The summed E-state index contributed by atoms with van der Waals surface area (Å²) in [5, 5.41) is 3.05. The first kappa shape index (κ1) is 16.9. The van der Waals surface area contributed by atoms with Crippen LogP contribution in [-0.2, 0) is 0 Å². The van der Waals surface area contributed by atoms with Crippen molar-refractivity contribution in [2.45, 2.75) is 0 Å². The third-order valence-corrected chi connectivity index (χ3v) is 3.60. The molecule has 0 aliphatic carbocycles. The van der Waals surface area contributed by atoms with Gasteiger partial charge in [0.05, 0.1) is 0 Å². The van der Waals surface area contributed by atoms with Gasteiger partial charge in [-0.3, -0.25) is 4.79 Å². The first-order valence-corrected chi connectivity index (χ1v) is 7.69. The molecule has 3 nitrogen and oxygen atoms in total. The summed E-state index contributed by atoms with van der Waals surface area (Å²) in [6, 6.07) is 16.5. The van der Waals surface area contributed by atoms with Gasteiger partial charge in [0.15, 0.2) is 0 Å². The Hall–Kier alpha value is -2.92. The highest BCUT2D eigenvalue weighted by atomic mass is 35.5. The summed E-state index contributed by atoms with van der Waals surface area (Å²) < 4.78 is 32.8. The minimum Gasteiger partial charge on any atom is -0.457 e. The molecule has 0 bridgehead atoms. The summed E-state index contributed by atoms with van der Waals surface area (Å²) in [5.74, 6) is -1.55. The molecule has 0 radical (unpaired) electrons. The highest BCUT2D eigenvalue weighted by Crippen LogP contribution is 2.24. The molecule has 3 aromatic carbocycles. The molecule has 0 aliphatic heterocycles. The van der Waals surface area contributed by atoms with Crippen LogP contribution in [0.2, 0.25) is 5.02 Å². The van der Waals surface area contributed by atoms with E-state index < -0.39 is 23.1 Å². The Kier molecular flexibility index (Phi) is 4.95. The second-order valence-corrected chi connectivity index (χ2v) is 5.57. The molecule has 0 saturated heterocycles.